The molecule has 1 aromatic carbocycles. The molecule has 0 unspecified atom stereocenters. The number of piperazine rings is 1. The summed E-state index contributed by atoms with van der Waals surface area (Å²) in [5.74, 6) is -0.375. The van der Waals surface area contributed by atoms with Gasteiger partial charge in [0.2, 0.25) is 0 Å². The summed E-state index contributed by atoms with van der Waals surface area (Å²) in [5.41, 5.74) is -0.335. The molecule has 3 atom stereocenters. The number of nitriles is 1. The van der Waals surface area contributed by atoms with Crippen LogP contribution < -0.4 is 9.64 Å². The first kappa shape index (κ1) is 32.5. The molecule has 2 fully saturated rings. The summed E-state index contributed by atoms with van der Waals surface area (Å²) < 4.78 is 42.3. The number of likely N-dealkylation sites (N-methyl/N-ethyl adjacent to an activating group) is 1. The Morgan fingerprint density at radius 3 is 2.68 bits per heavy atom. The zero-order chi connectivity index (χ0) is 33.5. The third-order valence-electron chi connectivity index (χ3n) is 8.41. The number of hydrogen-bond donors (Lipinski definition) is 0. The lowest BCUT2D eigenvalue weighted by Gasteiger charge is -2.41. The van der Waals surface area contributed by atoms with Crippen LogP contribution in [0.15, 0.2) is 36.8 Å². The lowest BCUT2D eigenvalue weighted by molar-refractivity contribution is 0.0145. The van der Waals surface area contributed by atoms with Gasteiger partial charge in [-0.3, -0.25) is 14.9 Å². The van der Waals surface area contributed by atoms with Gasteiger partial charge in [-0.1, -0.05) is 23.7 Å². The van der Waals surface area contributed by atoms with E-state index in [-0.39, 0.29) is 49.4 Å². The van der Waals surface area contributed by atoms with Crippen molar-refractivity contribution in [3.63, 3.8) is 0 Å². The summed E-state index contributed by atoms with van der Waals surface area (Å²) in [6.07, 6.45) is 3.53. The van der Waals surface area contributed by atoms with Crippen molar-refractivity contribution in [2.75, 3.05) is 44.7 Å². The number of likely N-dealkylation sites (tertiary alicyclic amines) is 1. The van der Waals surface area contributed by atoms with E-state index in [1.54, 1.807) is 44.0 Å². The molecule has 2 aliphatic rings. The van der Waals surface area contributed by atoms with Crippen LogP contribution in [0.2, 0.25) is 5.02 Å². The molecule has 6 rings (SSSR count). The molecular formula is C33H35ClF2N8O3. The molecular weight excluding hydrogens is 630 g/mol. The monoisotopic (exact) mass is 664 g/mol. The minimum absolute atomic E-state index is 0.00667. The predicted molar refractivity (Wildman–Crippen MR) is 174 cm³/mol. The Balaban J connectivity index is 1.42. The van der Waals surface area contributed by atoms with Gasteiger partial charge in [-0.05, 0) is 40.3 Å². The second kappa shape index (κ2) is 13.0. The van der Waals surface area contributed by atoms with Gasteiger partial charge in [0.25, 0.3) is 0 Å². The summed E-state index contributed by atoms with van der Waals surface area (Å²) in [4.78, 5) is 36.3. The van der Waals surface area contributed by atoms with Crippen molar-refractivity contribution in [2.24, 2.45) is 0 Å². The Morgan fingerprint density at radius 2 is 1.96 bits per heavy atom. The topological polar surface area (TPSA) is 121 Å². The molecule has 4 aromatic rings. The number of halogens is 3. The molecule has 0 radical (unpaired) electrons. The van der Waals surface area contributed by atoms with E-state index in [4.69, 9.17) is 21.1 Å². The van der Waals surface area contributed by atoms with Crippen LogP contribution in [0.4, 0.5) is 19.4 Å². The molecule has 14 heteroatoms. The van der Waals surface area contributed by atoms with Gasteiger partial charge in [0.05, 0.1) is 23.9 Å². The van der Waals surface area contributed by atoms with Gasteiger partial charge in [-0.15, -0.1) is 0 Å². The number of benzene rings is 1. The highest BCUT2D eigenvalue weighted by atomic mass is 35.5. The van der Waals surface area contributed by atoms with Crippen molar-refractivity contribution in [3.8, 4) is 23.3 Å². The van der Waals surface area contributed by atoms with Crippen molar-refractivity contribution in [1.82, 2.24) is 29.7 Å². The summed E-state index contributed by atoms with van der Waals surface area (Å²) in [6.45, 7) is 6.52. The second-order valence-electron chi connectivity index (χ2n) is 12.9. The van der Waals surface area contributed by atoms with Gasteiger partial charge >= 0.3 is 12.1 Å². The molecule has 0 saturated carbocycles. The molecule has 5 heterocycles. The van der Waals surface area contributed by atoms with E-state index in [0.29, 0.717) is 46.7 Å². The van der Waals surface area contributed by atoms with Crippen LogP contribution in [0.25, 0.3) is 32.9 Å². The molecule has 47 heavy (non-hydrogen) atoms. The largest absolute Gasteiger partial charge is 0.462 e. The Kier molecular flexibility index (Phi) is 9.00. The number of nitrogens with zero attached hydrogens (tertiary/aromatic N) is 8. The van der Waals surface area contributed by atoms with Crippen molar-refractivity contribution >= 4 is 45.2 Å². The highest BCUT2D eigenvalue weighted by molar-refractivity contribution is 6.36. The van der Waals surface area contributed by atoms with E-state index in [2.05, 4.69) is 26.0 Å². The summed E-state index contributed by atoms with van der Waals surface area (Å²) in [7, 11) is 1.82. The van der Waals surface area contributed by atoms with E-state index >= 15 is 4.39 Å². The number of rotatable bonds is 6. The Bertz CT molecular complexity index is 1860. The maximum Gasteiger partial charge on any atom is 0.410 e. The number of ether oxygens (including phenoxy) is 2. The lowest BCUT2D eigenvalue weighted by atomic mass is 10.0. The number of alkyl halides is 1. The van der Waals surface area contributed by atoms with E-state index in [9.17, 15) is 14.4 Å². The minimum atomic E-state index is -0.966. The van der Waals surface area contributed by atoms with Crippen LogP contribution in [-0.4, -0.2) is 99.5 Å². The quantitative estimate of drug-likeness (QED) is 0.250. The first-order valence-corrected chi connectivity index (χ1v) is 15.8. The van der Waals surface area contributed by atoms with Crippen LogP contribution in [0.1, 0.15) is 33.6 Å². The van der Waals surface area contributed by atoms with Crippen LogP contribution in [0.3, 0.4) is 0 Å². The molecule has 0 N–H and O–H groups in total. The lowest BCUT2D eigenvalue weighted by Crippen LogP contribution is -2.56. The zero-order valence-corrected chi connectivity index (χ0v) is 27.3. The number of carbonyl (C=O) groups excluding carboxylic acids is 1. The van der Waals surface area contributed by atoms with Gasteiger partial charge in [0, 0.05) is 72.2 Å². The Morgan fingerprint density at radius 1 is 1.15 bits per heavy atom. The van der Waals surface area contributed by atoms with E-state index in [1.165, 1.54) is 12.4 Å². The molecule has 0 aliphatic carbocycles. The summed E-state index contributed by atoms with van der Waals surface area (Å²) in [5, 5.41) is 11.7. The summed E-state index contributed by atoms with van der Waals surface area (Å²) in [6, 6.07) is 6.69. The number of pyridine rings is 2. The number of fused-ring (bicyclic) bond motifs is 2. The third kappa shape index (κ3) is 6.71. The third-order valence-corrected chi connectivity index (χ3v) is 8.73. The SMILES string of the molecule is CN1C[C@H](F)C[C@H]1COc1nc(N2CCN(C(=O)OC(C)(C)C)[C@@H](CC#N)C2)c2cnc(-c3cncc4cccc(Cl)c34)c(F)c2n1. The van der Waals surface area contributed by atoms with Crippen LogP contribution in [-0.2, 0) is 4.74 Å². The molecule has 0 spiro atoms. The van der Waals surface area contributed by atoms with Gasteiger partial charge in [-0.2, -0.15) is 15.2 Å². The fourth-order valence-electron chi connectivity index (χ4n) is 6.15. The van der Waals surface area contributed by atoms with Crippen molar-refractivity contribution in [3.05, 3.63) is 47.6 Å². The van der Waals surface area contributed by atoms with Gasteiger partial charge in [0.15, 0.2) is 5.82 Å². The fourth-order valence-corrected chi connectivity index (χ4v) is 6.43. The maximum atomic E-state index is 16.7. The second-order valence-corrected chi connectivity index (χ2v) is 13.3. The molecule has 1 amide bonds. The molecule has 2 aliphatic heterocycles. The van der Waals surface area contributed by atoms with Crippen LogP contribution in [0.5, 0.6) is 6.01 Å². The van der Waals surface area contributed by atoms with Gasteiger partial charge < -0.3 is 19.3 Å². The standard InChI is InChI=1S/C33H35ClF2N8O3/c1-33(2,3)47-32(45)44-11-10-43(17-21(44)8-9-37)30-24-15-39-28(23-14-38-13-19-6-5-7-25(34)26(19)23)27(36)29(24)40-31(41-30)46-18-22-12-20(35)16-42(22)4/h5-7,13-15,20-22H,8,10-12,16-18H2,1-4H3/t20-,21+,22+/m1/s1. The molecule has 11 nitrogen and oxygen atoms in total. The highest BCUT2D eigenvalue weighted by Crippen LogP contribution is 2.37. The summed E-state index contributed by atoms with van der Waals surface area (Å²) >= 11 is 6.55. The van der Waals surface area contributed by atoms with Crippen molar-refractivity contribution in [1.29, 1.82) is 5.26 Å². The highest BCUT2D eigenvalue weighted by Gasteiger charge is 2.35. The fraction of sp³-hybridized carbons (Fsp3) is 0.455. The van der Waals surface area contributed by atoms with Gasteiger partial charge in [0.1, 0.15) is 35.4 Å². The average Bonchev–Trinajstić information content (AvgIpc) is 3.35. The zero-order valence-electron chi connectivity index (χ0n) is 26.6. The van der Waals surface area contributed by atoms with E-state index < -0.39 is 29.7 Å². The van der Waals surface area contributed by atoms with Crippen LogP contribution in [0, 0.1) is 17.1 Å². The predicted octanol–water partition coefficient (Wildman–Crippen LogP) is 5.79. The molecule has 2 saturated heterocycles. The van der Waals surface area contributed by atoms with Gasteiger partial charge in [-0.25, -0.2) is 13.6 Å². The van der Waals surface area contributed by atoms with E-state index in [0.717, 1.165) is 5.39 Å². The number of carbonyl (C=O) groups is 1. The Labute approximate surface area is 276 Å². The normalized spacial score (nSPS) is 20.5. The molecule has 3 aromatic heterocycles. The number of aromatic nitrogens is 4. The Hall–Kier alpha value is -4.41. The first-order chi connectivity index (χ1) is 22.4. The minimum Gasteiger partial charge on any atom is -0.462 e. The first-order valence-electron chi connectivity index (χ1n) is 15.4. The number of hydrogen-bond acceptors (Lipinski definition) is 10. The maximum absolute atomic E-state index is 16.7. The van der Waals surface area contributed by atoms with Crippen molar-refractivity contribution < 1.29 is 23.0 Å². The average molecular weight is 665 g/mol. The van der Waals surface area contributed by atoms with E-state index in [1.807, 2.05) is 22.9 Å². The number of anilines is 1. The number of amides is 1. The van der Waals surface area contributed by atoms with Crippen molar-refractivity contribution in [2.45, 2.75) is 57.5 Å². The molecule has 0 bridgehead atoms. The molecule has 246 valence electrons. The van der Waals surface area contributed by atoms with Crippen LogP contribution >= 0.6 is 11.6 Å². The smallest absolute Gasteiger partial charge is 0.410 e.